The second-order valence-corrected chi connectivity index (χ2v) is 9.51. The molecule has 3 heterocycles. The molecule has 11 nitrogen and oxygen atoms in total. The molecule has 0 aliphatic carbocycles. The molecular formula is C21H36N8O3. The van der Waals surface area contributed by atoms with Gasteiger partial charge in [-0.1, -0.05) is 5.16 Å². The Labute approximate surface area is 189 Å². The van der Waals surface area contributed by atoms with Crippen LogP contribution in [-0.4, -0.2) is 101 Å². The number of oxime groups is 1. The summed E-state index contributed by atoms with van der Waals surface area (Å²) < 4.78 is 5.49. The van der Waals surface area contributed by atoms with Crippen molar-refractivity contribution in [3.63, 3.8) is 0 Å². The Hall–Kier alpha value is -2.82. The van der Waals surface area contributed by atoms with Gasteiger partial charge in [-0.05, 0) is 47.7 Å². The number of aromatic nitrogens is 2. The van der Waals surface area contributed by atoms with E-state index in [-0.39, 0.29) is 18.0 Å². The highest BCUT2D eigenvalue weighted by molar-refractivity contribution is 5.96. The van der Waals surface area contributed by atoms with Crippen molar-refractivity contribution >= 4 is 23.7 Å². The number of amidine groups is 1. The lowest BCUT2D eigenvalue weighted by Crippen LogP contribution is -2.50. The first kappa shape index (κ1) is 23.8. The number of nitrogens with zero attached hydrogens (tertiary/aromatic N) is 7. The lowest BCUT2D eigenvalue weighted by molar-refractivity contribution is 0.0240. The van der Waals surface area contributed by atoms with Crippen LogP contribution in [0, 0.1) is 0 Å². The van der Waals surface area contributed by atoms with E-state index in [2.05, 4.69) is 38.8 Å². The number of rotatable bonds is 3. The number of ether oxygens (including phenoxy) is 1. The van der Waals surface area contributed by atoms with Crippen molar-refractivity contribution in [2.45, 2.75) is 45.8 Å². The predicted octanol–water partition coefficient (Wildman–Crippen LogP) is 1.16. The first-order chi connectivity index (χ1) is 15.1. The van der Waals surface area contributed by atoms with Gasteiger partial charge in [-0.25, -0.2) is 9.78 Å². The Morgan fingerprint density at radius 2 is 1.88 bits per heavy atom. The van der Waals surface area contributed by atoms with E-state index in [1.807, 2.05) is 20.8 Å². The number of hydrogen-bond acceptors (Lipinski definition) is 9. The van der Waals surface area contributed by atoms with Crippen LogP contribution in [0.15, 0.2) is 11.2 Å². The van der Waals surface area contributed by atoms with Gasteiger partial charge in [0.15, 0.2) is 5.84 Å². The van der Waals surface area contributed by atoms with Gasteiger partial charge < -0.3 is 35.3 Å². The maximum Gasteiger partial charge on any atom is 0.410 e. The average Bonchev–Trinajstić information content (AvgIpc) is 2.91. The molecular weight excluding hydrogens is 412 g/mol. The zero-order chi connectivity index (χ0) is 23.5. The summed E-state index contributed by atoms with van der Waals surface area (Å²) in [5.74, 6) is 1.22. The average molecular weight is 449 g/mol. The molecule has 0 bridgehead atoms. The summed E-state index contributed by atoms with van der Waals surface area (Å²) in [6, 6.07) is 1.96. The van der Waals surface area contributed by atoms with Crippen LogP contribution in [0.4, 0.5) is 16.6 Å². The Kier molecular flexibility index (Phi) is 7.27. The maximum atomic E-state index is 12.4. The largest absolute Gasteiger partial charge is 0.444 e. The number of nitrogens with two attached hydrogens (primary N) is 1. The molecule has 0 radical (unpaired) electrons. The fourth-order valence-corrected chi connectivity index (χ4v) is 4.01. The molecule has 2 aliphatic heterocycles. The molecule has 3 N–H and O–H groups in total. The van der Waals surface area contributed by atoms with E-state index >= 15 is 0 Å². The SMILES string of the molecule is C[C@H]1CN(C)CCCN1c1nc(/C(N)=N/O)cc(N2CCN(C(=O)OC(C)(C)C)CC2)n1. The van der Waals surface area contributed by atoms with Crippen LogP contribution in [-0.2, 0) is 4.74 Å². The van der Waals surface area contributed by atoms with Crippen LogP contribution in [0.3, 0.4) is 0 Å². The number of amides is 1. The van der Waals surface area contributed by atoms with Gasteiger partial charge in [-0.15, -0.1) is 0 Å². The smallest absolute Gasteiger partial charge is 0.410 e. The third kappa shape index (κ3) is 5.90. The summed E-state index contributed by atoms with van der Waals surface area (Å²) in [7, 11) is 2.11. The number of carbonyl (C=O) groups excluding carboxylic acids is 1. The zero-order valence-corrected chi connectivity index (χ0v) is 19.8. The van der Waals surface area contributed by atoms with E-state index in [0.717, 1.165) is 26.1 Å². The van der Waals surface area contributed by atoms with Crippen LogP contribution in [0.1, 0.15) is 39.8 Å². The molecule has 1 aromatic heterocycles. The monoisotopic (exact) mass is 448 g/mol. The van der Waals surface area contributed by atoms with E-state index in [9.17, 15) is 10.0 Å². The van der Waals surface area contributed by atoms with E-state index < -0.39 is 5.60 Å². The highest BCUT2D eigenvalue weighted by Gasteiger charge is 2.28. The maximum absolute atomic E-state index is 12.4. The van der Waals surface area contributed by atoms with Crippen molar-refractivity contribution in [3.05, 3.63) is 11.8 Å². The van der Waals surface area contributed by atoms with Crippen molar-refractivity contribution in [2.24, 2.45) is 10.9 Å². The molecule has 2 fully saturated rings. The molecule has 1 aromatic rings. The van der Waals surface area contributed by atoms with Crippen molar-refractivity contribution < 1.29 is 14.7 Å². The topological polar surface area (TPSA) is 124 Å². The van der Waals surface area contributed by atoms with Crippen LogP contribution >= 0.6 is 0 Å². The molecule has 0 aromatic carbocycles. The minimum atomic E-state index is -0.524. The van der Waals surface area contributed by atoms with Gasteiger partial charge in [0.1, 0.15) is 17.1 Å². The summed E-state index contributed by atoms with van der Waals surface area (Å²) in [5, 5.41) is 12.4. The Morgan fingerprint density at radius 1 is 1.19 bits per heavy atom. The molecule has 0 unspecified atom stereocenters. The lowest BCUT2D eigenvalue weighted by atomic mass is 10.2. The molecule has 32 heavy (non-hydrogen) atoms. The minimum absolute atomic E-state index is 0.0538. The van der Waals surface area contributed by atoms with Gasteiger partial charge in [-0.2, -0.15) is 4.98 Å². The van der Waals surface area contributed by atoms with Crippen LogP contribution < -0.4 is 15.5 Å². The second-order valence-electron chi connectivity index (χ2n) is 9.51. The molecule has 2 saturated heterocycles. The van der Waals surface area contributed by atoms with E-state index in [0.29, 0.717) is 43.6 Å². The van der Waals surface area contributed by atoms with E-state index in [1.165, 1.54) is 0 Å². The Bertz CT molecular complexity index is 833. The lowest BCUT2D eigenvalue weighted by Gasteiger charge is -2.36. The standard InChI is InChI=1S/C21H36N8O3/c1-15-14-26(5)7-6-8-29(15)19-23-16(18(22)25-31)13-17(24-19)27-9-11-28(12-10-27)20(30)32-21(2,3)4/h13,15,31H,6-12,14H2,1-5H3,(H2,22,25)/t15-/m0/s1. The van der Waals surface area contributed by atoms with Gasteiger partial charge in [-0.3, -0.25) is 0 Å². The second kappa shape index (κ2) is 9.76. The summed E-state index contributed by atoms with van der Waals surface area (Å²) >= 11 is 0. The first-order valence-corrected chi connectivity index (χ1v) is 11.1. The fourth-order valence-electron chi connectivity index (χ4n) is 4.01. The minimum Gasteiger partial charge on any atom is -0.444 e. The summed E-state index contributed by atoms with van der Waals surface area (Å²) in [6.45, 7) is 12.7. The Morgan fingerprint density at radius 3 is 2.50 bits per heavy atom. The van der Waals surface area contributed by atoms with Crippen molar-refractivity contribution in [1.29, 1.82) is 0 Å². The van der Waals surface area contributed by atoms with E-state index in [1.54, 1.807) is 11.0 Å². The van der Waals surface area contributed by atoms with Gasteiger partial charge in [0.25, 0.3) is 0 Å². The van der Waals surface area contributed by atoms with Crippen molar-refractivity contribution in [1.82, 2.24) is 19.8 Å². The normalized spacial score (nSPS) is 21.5. The number of piperazine rings is 1. The van der Waals surface area contributed by atoms with Crippen LogP contribution in [0.25, 0.3) is 0 Å². The molecule has 178 valence electrons. The fraction of sp³-hybridized carbons (Fsp3) is 0.714. The van der Waals surface area contributed by atoms with Gasteiger partial charge >= 0.3 is 6.09 Å². The van der Waals surface area contributed by atoms with Crippen molar-refractivity contribution in [2.75, 3.05) is 62.7 Å². The van der Waals surface area contributed by atoms with Crippen molar-refractivity contribution in [3.8, 4) is 0 Å². The van der Waals surface area contributed by atoms with Gasteiger partial charge in [0.05, 0.1) is 0 Å². The number of likely N-dealkylation sites (N-methyl/N-ethyl adjacent to an activating group) is 1. The summed E-state index contributed by atoms with van der Waals surface area (Å²) in [4.78, 5) is 30.1. The Balaban J connectivity index is 1.81. The van der Waals surface area contributed by atoms with Gasteiger partial charge in [0.2, 0.25) is 5.95 Å². The summed E-state index contributed by atoms with van der Waals surface area (Å²) in [6.07, 6.45) is 0.697. The third-order valence-corrected chi connectivity index (χ3v) is 5.63. The number of anilines is 2. The number of hydrogen-bond donors (Lipinski definition) is 2. The first-order valence-electron chi connectivity index (χ1n) is 11.1. The van der Waals surface area contributed by atoms with Crippen LogP contribution in [0.2, 0.25) is 0 Å². The third-order valence-electron chi connectivity index (χ3n) is 5.63. The molecule has 0 spiro atoms. The van der Waals surface area contributed by atoms with Gasteiger partial charge in [0, 0.05) is 51.4 Å². The quantitative estimate of drug-likeness (QED) is 0.303. The molecule has 1 atom stereocenters. The predicted molar refractivity (Wildman–Crippen MR) is 123 cm³/mol. The highest BCUT2D eigenvalue weighted by Crippen LogP contribution is 2.23. The molecule has 1 amide bonds. The molecule has 3 rings (SSSR count). The zero-order valence-electron chi connectivity index (χ0n) is 19.8. The van der Waals surface area contributed by atoms with E-state index in [4.69, 9.17) is 15.5 Å². The molecule has 0 saturated carbocycles. The van der Waals surface area contributed by atoms with Crippen LogP contribution in [0.5, 0.6) is 0 Å². The molecule has 11 heteroatoms. The highest BCUT2D eigenvalue weighted by atomic mass is 16.6. The summed E-state index contributed by atoms with van der Waals surface area (Å²) in [5.41, 5.74) is 5.75. The number of carbonyl (C=O) groups is 1. The molecule has 2 aliphatic rings.